The number of nitrogens with zero attached hydrogens (tertiary/aromatic N) is 3. The number of nitro groups is 1. The van der Waals surface area contributed by atoms with E-state index in [4.69, 9.17) is 0 Å². The fraction of sp³-hybridized carbons (Fsp3) is 0.0476. The van der Waals surface area contributed by atoms with Gasteiger partial charge in [0.15, 0.2) is 5.16 Å². The molecule has 0 bridgehead atoms. The van der Waals surface area contributed by atoms with E-state index in [2.05, 4.69) is 10.3 Å². The minimum absolute atomic E-state index is 0.0772. The van der Waals surface area contributed by atoms with Gasteiger partial charge >= 0.3 is 0 Å². The van der Waals surface area contributed by atoms with Gasteiger partial charge in [-0.05, 0) is 17.5 Å². The Labute approximate surface area is 170 Å². The fourth-order valence-corrected chi connectivity index (χ4v) is 3.82. The Morgan fingerprint density at radius 2 is 1.83 bits per heavy atom. The Kier molecular flexibility index (Phi) is 5.26. The third kappa shape index (κ3) is 3.97. The van der Waals surface area contributed by atoms with Crippen LogP contribution in [-0.2, 0) is 4.79 Å². The minimum Gasteiger partial charge on any atom is -0.320 e. The maximum absolute atomic E-state index is 12.4. The number of anilines is 1. The number of amides is 1. The summed E-state index contributed by atoms with van der Waals surface area (Å²) in [7, 11) is 0. The molecule has 0 aliphatic rings. The van der Waals surface area contributed by atoms with Gasteiger partial charge in [0.25, 0.3) is 5.69 Å². The van der Waals surface area contributed by atoms with Crippen LogP contribution in [0, 0.1) is 10.1 Å². The molecule has 0 unspecified atom stereocenters. The third-order valence-corrected chi connectivity index (χ3v) is 5.31. The molecule has 144 valence electrons. The zero-order valence-corrected chi connectivity index (χ0v) is 16.0. The lowest BCUT2D eigenvalue weighted by molar-refractivity contribution is -0.383. The molecule has 29 heavy (non-hydrogen) atoms. The van der Waals surface area contributed by atoms with E-state index in [1.807, 2.05) is 53.2 Å². The average Bonchev–Trinajstić information content (AvgIpc) is 3.20. The second kappa shape index (κ2) is 8.15. The van der Waals surface area contributed by atoms with Crippen molar-refractivity contribution in [2.75, 3.05) is 11.1 Å². The highest BCUT2D eigenvalue weighted by Crippen LogP contribution is 2.27. The van der Waals surface area contributed by atoms with Crippen LogP contribution in [0.1, 0.15) is 0 Å². The van der Waals surface area contributed by atoms with Crippen molar-refractivity contribution < 1.29 is 9.72 Å². The first-order valence-corrected chi connectivity index (χ1v) is 9.79. The van der Waals surface area contributed by atoms with Crippen molar-refractivity contribution in [3.05, 3.63) is 89.2 Å². The molecule has 0 saturated carbocycles. The number of aromatic nitrogens is 2. The first-order chi connectivity index (χ1) is 14.1. The predicted molar refractivity (Wildman–Crippen MR) is 114 cm³/mol. The number of benzene rings is 3. The molecule has 0 fully saturated rings. The number of nitrogens with one attached hydrogen (secondary N) is 1. The molecule has 0 aliphatic heterocycles. The monoisotopic (exact) mass is 404 g/mol. The van der Waals surface area contributed by atoms with Crippen LogP contribution in [0.5, 0.6) is 0 Å². The third-order valence-electron chi connectivity index (χ3n) is 4.34. The summed E-state index contributed by atoms with van der Waals surface area (Å²) in [5, 5.41) is 16.6. The molecule has 3 aromatic carbocycles. The number of fused-ring (bicyclic) bond motifs is 1. The van der Waals surface area contributed by atoms with Crippen LogP contribution >= 0.6 is 11.8 Å². The highest BCUT2D eigenvalue weighted by atomic mass is 32.2. The van der Waals surface area contributed by atoms with Gasteiger partial charge in [0.05, 0.1) is 16.4 Å². The molecule has 4 aromatic rings. The van der Waals surface area contributed by atoms with Crippen LogP contribution in [0.2, 0.25) is 0 Å². The number of rotatable bonds is 6. The Balaban J connectivity index is 1.52. The van der Waals surface area contributed by atoms with Gasteiger partial charge in [0.2, 0.25) is 5.91 Å². The van der Waals surface area contributed by atoms with Gasteiger partial charge in [0.1, 0.15) is 5.69 Å². The van der Waals surface area contributed by atoms with Crippen molar-refractivity contribution in [3.8, 4) is 5.69 Å². The van der Waals surface area contributed by atoms with Crippen molar-refractivity contribution in [2.45, 2.75) is 5.16 Å². The van der Waals surface area contributed by atoms with Gasteiger partial charge in [-0.25, -0.2) is 4.98 Å². The van der Waals surface area contributed by atoms with E-state index >= 15 is 0 Å². The molecule has 0 saturated heterocycles. The van der Waals surface area contributed by atoms with Crippen LogP contribution in [0.15, 0.2) is 84.3 Å². The number of imidazole rings is 1. The van der Waals surface area contributed by atoms with Gasteiger partial charge < -0.3 is 5.32 Å². The minimum atomic E-state index is -0.518. The van der Waals surface area contributed by atoms with Crippen LogP contribution in [0.25, 0.3) is 16.5 Å². The average molecular weight is 404 g/mol. The van der Waals surface area contributed by atoms with E-state index in [-0.39, 0.29) is 23.0 Å². The van der Waals surface area contributed by atoms with E-state index in [0.717, 1.165) is 16.5 Å². The predicted octanol–water partition coefficient (Wildman–Crippen LogP) is 4.66. The number of carbonyl (C=O) groups excluding carboxylic acids is 1. The zero-order valence-electron chi connectivity index (χ0n) is 15.2. The summed E-state index contributed by atoms with van der Waals surface area (Å²) in [5.41, 5.74) is 1.02. The van der Waals surface area contributed by atoms with E-state index in [9.17, 15) is 14.9 Å². The largest absolute Gasteiger partial charge is 0.320 e. The first-order valence-electron chi connectivity index (χ1n) is 8.81. The molecule has 0 spiro atoms. The van der Waals surface area contributed by atoms with Crippen LogP contribution in [0.3, 0.4) is 0 Å². The standard InChI is InChI=1S/C21H16N4O3S/c26-20(23-17-9-3-4-10-19(17)25(27)28)14-29-21-22-12-13-24(21)18-11-5-7-15-6-1-2-8-16(15)18/h1-13H,14H2,(H,23,26). The molecule has 1 aromatic heterocycles. The first kappa shape index (κ1) is 18.7. The van der Waals surface area contributed by atoms with Gasteiger partial charge in [0, 0.05) is 23.8 Å². The molecule has 1 N–H and O–H groups in total. The van der Waals surface area contributed by atoms with E-state index in [1.165, 1.54) is 23.9 Å². The quantitative estimate of drug-likeness (QED) is 0.287. The fourth-order valence-electron chi connectivity index (χ4n) is 3.05. The summed E-state index contributed by atoms with van der Waals surface area (Å²) in [4.78, 5) is 27.3. The molecule has 0 aliphatic carbocycles. The van der Waals surface area contributed by atoms with Crippen LogP contribution in [-0.4, -0.2) is 26.1 Å². The maximum Gasteiger partial charge on any atom is 0.292 e. The lowest BCUT2D eigenvalue weighted by atomic mass is 10.1. The van der Waals surface area contributed by atoms with E-state index in [1.54, 1.807) is 18.3 Å². The molecule has 0 radical (unpaired) electrons. The van der Waals surface area contributed by atoms with Crippen LogP contribution < -0.4 is 5.32 Å². The highest BCUT2D eigenvalue weighted by Gasteiger charge is 2.16. The molecule has 4 rings (SSSR count). The molecule has 7 nitrogen and oxygen atoms in total. The number of hydrogen-bond donors (Lipinski definition) is 1. The van der Waals surface area contributed by atoms with E-state index in [0.29, 0.717) is 5.16 Å². The van der Waals surface area contributed by atoms with E-state index < -0.39 is 4.92 Å². The summed E-state index contributed by atoms with van der Waals surface area (Å²) >= 11 is 1.27. The molecule has 1 heterocycles. The number of para-hydroxylation sites is 2. The number of carbonyl (C=O) groups is 1. The van der Waals surface area contributed by atoms with Gasteiger partial charge in [-0.1, -0.05) is 60.3 Å². The van der Waals surface area contributed by atoms with Crippen LogP contribution in [0.4, 0.5) is 11.4 Å². The van der Waals surface area contributed by atoms with Crippen molar-refractivity contribution in [1.82, 2.24) is 9.55 Å². The van der Waals surface area contributed by atoms with Crippen molar-refractivity contribution in [2.24, 2.45) is 0 Å². The molecular formula is C21H16N4O3S. The molecule has 0 atom stereocenters. The topological polar surface area (TPSA) is 90.1 Å². The summed E-state index contributed by atoms with van der Waals surface area (Å²) in [6.07, 6.45) is 3.54. The summed E-state index contributed by atoms with van der Waals surface area (Å²) in [6, 6.07) is 20.2. The number of hydrogen-bond acceptors (Lipinski definition) is 5. The Hall–Kier alpha value is -3.65. The summed E-state index contributed by atoms with van der Waals surface area (Å²) in [6.45, 7) is 0. The normalized spacial score (nSPS) is 10.8. The highest BCUT2D eigenvalue weighted by molar-refractivity contribution is 7.99. The molecule has 8 heteroatoms. The van der Waals surface area contributed by atoms with Crippen molar-refractivity contribution >= 4 is 39.8 Å². The second-order valence-corrected chi connectivity index (χ2v) is 7.13. The van der Waals surface area contributed by atoms with Crippen molar-refractivity contribution in [3.63, 3.8) is 0 Å². The Morgan fingerprint density at radius 1 is 1.07 bits per heavy atom. The second-order valence-electron chi connectivity index (χ2n) is 6.19. The number of thioether (sulfide) groups is 1. The molecule has 1 amide bonds. The smallest absolute Gasteiger partial charge is 0.292 e. The van der Waals surface area contributed by atoms with Gasteiger partial charge in [-0.15, -0.1) is 0 Å². The Bertz CT molecular complexity index is 1200. The van der Waals surface area contributed by atoms with Crippen molar-refractivity contribution in [1.29, 1.82) is 0 Å². The van der Waals surface area contributed by atoms with Gasteiger partial charge in [-0.3, -0.25) is 19.5 Å². The van der Waals surface area contributed by atoms with Gasteiger partial charge in [-0.2, -0.15) is 0 Å². The number of nitro benzene ring substituents is 1. The molecular weight excluding hydrogens is 388 g/mol. The summed E-state index contributed by atoms with van der Waals surface area (Å²) < 4.78 is 1.94. The summed E-state index contributed by atoms with van der Waals surface area (Å²) in [5.74, 6) is -0.259. The SMILES string of the molecule is O=C(CSc1nccn1-c1cccc2ccccc12)Nc1ccccc1[N+](=O)[O-]. The maximum atomic E-state index is 12.4. The lowest BCUT2D eigenvalue weighted by Crippen LogP contribution is -2.15. The zero-order chi connectivity index (χ0) is 20.2. The lowest BCUT2D eigenvalue weighted by Gasteiger charge is -2.11. The Morgan fingerprint density at radius 3 is 2.69 bits per heavy atom.